The molecular formula is C23H23NO4. The van der Waals surface area contributed by atoms with Gasteiger partial charge in [0.2, 0.25) is 0 Å². The number of methoxy groups -OCH3 is 1. The van der Waals surface area contributed by atoms with E-state index in [0.717, 1.165) is 27.6 Å². The van der Waals surface area contributed by atoms with Gasteiger partial charge < -0.3 is 14.8 Å². The number of carbonyl (C=O) groups excluding carboxylic acids is 2. The minimum Gasteiger partial charge on any atom is -0.497 e. The number of benzene rings is 3. The summed E-state index contributed by atoms with van der Waals surface area (Å²) in [6, 6.07) is 21.1. The number of fused-ring (bicyclic) bond motifs is 1. The highest BCUT2D eigenvalue weighted by Gasteiger charge is 2.18. The van der Waals surface area contributed by atoms with E-state index in [1.807, 2.05) is 66.7 Å². The smallest absolute Gasteiger partial charge is 0.313 e. The zero-order valence-electron chi connectivity index (χ0n) is 16.0. The first-order chi connectivity index (χ1) is 13.6. The van der Waals surface area contributed by atoms with Crippen LogP contribution < -0.4 is 10.1 Å². The van der Waals surface area contributed by atoms with Gasteiger partial charge in [-0.3, -0.25) is 9.59 Å². The molecule has 1 N–H and O–H groups in total. The zero-order chi connectivity index (χ0) is 19.9. The SMILES string of the molecule is COc1ccc2cc([C@H](C)C(=O)OCC(=O)NCc3ccccc3)ccc2c1. The van der Waals surface area contributed by atoms with Crippen molar-refractivity contribution in [2.45, 2.75) is 19.4 Å². The van der Waals surface area contributed by atoms with Crippen LogP contribution in [0.4, 0.5) is 0 Å². The largest absolute Gasteiger partial charge is 0.497 e. The van der Waals surface area contributed by atoms with Gasteiger partial charge >= 0.3 is 5.97 Å². The van der Waals surface area contributed by atoms with Crippen LogP contribution >= 0.6 is 0 Å². The Morgan fingerprint density at radius 3 is 2.43 bits per heavy atom. The van der Waals surface area contributed by atoms with Crippen LogP contribution in [0.1, 0.15) is 24.0 Å². The average Bonchev–Trinajstić information content (AvgIpc) is 2.75. The zero-order valence-corrected chi connectivity index (χ0v) is 16.0. The van der Waals surface area contributed by atoms with Crippen LogP contribution in [0, 0.1) is 0 Å². The first kappa shape index (κ1) is 19.4. The normalized spacial score (nSPS) is 11.6. The Morgan fingerprint density at radius 2 is 1.68 bits per heavy atom. The summed E-state index contributed by atoms with van der Waals surface area (Å²) in [6.07, 6.45) is 0. The Bertz CT molecular complexity index is 969. The second-order valence-electron chi connectivity index (χ2n) is 6.56. The lowest BCUT2D eigenvalue weighted by Crippen LogP contribution is -2.29. The van der Waals surface area contributed by atoms with Gasteiger partial charge in [0.1, 0.15) is 5.75 Å². The highest BCUT2D eigenvalue weighted by Crippen LogP contribution is 2.25. The molecule has 0 aliphatic heterocycles. The number of hydrogen-bond donors (Lipinski definition) is 1. The van der Waals surface area contributed by atoms with Crippen LogP contribution in [0.3, 0.4) is 0 Å². The minimum atomic E-state index is -0.464. The van der Waals surface area contributed by atoms with Gasteiger partial charge in [0.15, 0.2) is 6.61 Å². The van der Waals surface area contributed by atoms with Crippen molar-refractivity contribution in [1.82, 2.24) is 5.32 Å². The second kappa shape index (κ2) is 9.04. The molecule has 3 aromatic carbocycles. The molecule has 0 bridgehead atoms. The van der Waals surface area contributed by atoms with Gasteiger partial charge in [0.05, 0.1) is 13.0 Å². The second-order valence-corrected chi connectivity index (χ2v) is 6.56. The summed E-state index contributed by atoms with van der Waals surface area (Å²) >= 11 is 0. The van der Waals surface area contributed by atoms with Gasteiger partial charge in [-0.25, -0.2) is 0 Å². The summed E-state index contributed by atoms with van der Waals surface area (Å²) in [7, 11) is 1.63. The Labute approximate surface area is 164 Å². The summed E-state index contributed by atoms with van der Waals surface area (Å²) < 4.78 is 10.4. The molecule has 0 unspecified atom stereocenters. The van der Waals surface area contributed by atoms with E-state index >= 15 is 0 Å². The Hall–Kier alpha value is -3.34. The summed E-state index contributed by atoms with van der Waals surface area (Å²) in [4.78, 5) is 24.3. The molecule has 0 aromatic heterocycles. The van der Waals surface area contributed by atoms with Gasteiger partial charge in [0.25, 0.3) is 5.91 Å². The highest BCUT2D eigenvalue weighted by atomic mass is 16.5. The standard InChI is InChI=1S/C23H23NO4/c1-16(18-8-9-20-13-21(27-2)11-10-19(20)12-18)23(26)28-15-22(25)24-14-17-6-4-3-5-7-17/h3-13,16H,14-15H2,1-2H3,(H,24,25)/t16-/m0/s1. The lowest BCUT2D eigenvalue weighted by Gasteiger charge is -2.13. The molecule has 0 aliphatic carbocycles. The van der Waals surface area contributed by atoms with Gasteiger partial charge in [-0.15, -0.1) is 0 Å². The van der Waals surface area contributed by atoms with Crippen LogP contribution in [-0.2, 0) is 20.9 Å². The van der Waals surface area contributed by atoms with Crippen molar-refractivity contribution in [2.75, 3.05) is 13.7 Å². The molecule has 0 fully saturated rings. The number of rotatable bonds is 7. The van der Waals surface area contributed by atoms with Gasteiger partial charge in [-0.1, -0.05) is 54.6 Å². The molecule has 0 spiro atoms. The predicted octanol–water partition coefficient (Wildman–Crippen LogP) is 3.81. The highest BCUT2D eigenvalue weighted by molar-refractivity contribution is 5.87. The van der Waals surface area contributed by atoms with E-state index in [4.69, 9.17) is 9.47 Å². The van der Waals surface area contributed by atoms with Crippen LogP contribution in [0.5, 0.6) is 5.75 Å². The molecule has 1 amide bonds. The van der Waals surface area contributed by atoms with Gasteiger partial charge in [0, 0.05) is 6.54 Å². The predicted molar refractivity (Wildman–Crippen MR) is 108 cm³/mol. The van der Waals surface area contributed by atoms with Gasteiger partial charge in [-0.2, -0.15) is 0 Å². The number of esters is 1. The lowest BCUT2D eigenvalue weighted by molar-refractivity contribution is -0.149. The molecule has 1 atom stereocenters. The first-order valence-corrected chi connectivity index (χ1v) is 9.12. The Kier molecular flexibility index (Phi) is 6.27. The third-order valence-corrected chi connectivity index (χ3v) is 4.60. The summed E-state index contributed by atoms with van der Waals surface area (Å²) in [5.41, 5.74) is 1.83. The molecule has 3 aromatic rings. The van der Waals surface area contributed by atoms with Crippen molar-refractivity contribution in [1.29, 1.82) is 0 Å². The molecule has 144 valence electrons. The van der Waals surface area contributed by atoms with Gasteiger partial charge in [-0.05, 0) is 41.0 Å². The maximum atomic E-state index is 12.3. The molecule has 28 heavy (non-hydrogen) atoms. The van der Waals surface area contributed by atoms with Crippen molar-refractivity contribution in [2.24, 2.45) is 0 Å². The maximum absolute atomic E-state index is 12.3. The number of carbonyl (C=O) groups is 2. The molecule has 0 aliphatic rings. The summed E-state index contributed by atoms with van der Waals surface area (Å²) in [5, 5.41) is 4.78. The third kappa shape index (κ3) is 4.88. The number of ether oxygens (including phenoxy) is 2. The Balaban J connectivity index is 1.55. The van der Waals surface area contributed by atoms with Crippen molar-refractivity contribution in [3.05, 3.63) is 77.9 Å². The number of amides is 1. The Morgan fingerprint density at radius 1 is 0.964 bits per heavy atom. The van der Waals surface area contributed by atoms with Crippen molar-refractivity contribution >= 4 is 22.6 Å². The lowest BCUT2D eigenvalue weighted by atomic mass is 9.98. The number of hydrogen-bond acceptors (Lipinski definition) is 4. The number of nitrogens with one attached hydrogen (secondary N) is 1. The van der Waals surface area contributed by atoms with Crippen LogP contribution in [-0.4, -0.2) is 25.6 Å². The first-order valence-electron chi connectivity index (χ1n) is 9.12. The molecule has 5 heteroatoms. The van der Waals surface area contributed by atoms with E-state index in [1.54, 1.807) is 14.0 Å². The average molecular weight is 377 g/mol. The maximum Gasteiger partial charge on any atom is 0.313 e. The molecule has 0 saturated carbocycles. The molecule has 0 radical (unpaired) electrons. The van der Waals surface area contributed by atoms with Crippen molar-refractivity contribution in [3.63, 3.8) is 0 Å². The van der Waals surface area contributed by atoms with Crippen LogP contribution in [0.25, 0.3) is 10.8 Å². The van der Waals surface area contributed by atoms with E-state index < -0.39 is 11.9 Å². The fraction of sp³-hybridized carbons (Fsp3) is 0.217. The molecule has 5 nitrogen and oxygen atoms in total. The molecule has 0 saturated heterocycles. The van der Waals surface area contributed by atoms with E-state index in [-0.39, 0.29) is 12.5 Å². The quantitative estimate of drug-likeness (QED) is 0.636. The fourth-order valence-electron chi connectivity index (χ4n) is 2.88. The summed E-state index contributed by atoms with van der Waals surface area (Å²) in [5.74, 6) is -0.430. The van der Waals surface area contributed by atoms with Crippen molar-refractivity contribution < 1.29 is 19.1 Å². The van der Waals surface area contributed by atoms with Crippen LogP contribution in [0.2, 0.25) is 0 Å². The van der Waals surface area contributed by atoms with Crippen LogP contribution in [0.15, 0.2) is 66.7 Å². The van der Waals surface area contributed by atoms with E-state index in [2.05, 4.69) is 5.32 Å². The molecule has 3 rings (SSSR count). The summed E-state index contributed by atoms with van der Waals surface area (Å²) in [6.45, 7) is 1.89. The topological polar surface area (TPSA) is 64.6 Å². The van der Waals surface area contributed by atoms with Crippen molar-refractivity contribution in [3.8, 4) is 5.75 Å². The molecular weight excluding hydrogens is 354 g/mol. The third-order valence-electron chi connectivity index (χ3n) is 4.60. The van der Waals surface area contributed by atoms with E-state index in [0.29, 0.717) is 6.54 Å². The monoisotopic (exact) mass is 377 g/mol. The molecule has 0 heterocycles. The van der Waals surface area contributed by atoms with E-state index in [1.165, 1.54) is 0 Å². The minimum absolute atomic E-state index is 0.291. The fourth-order valence-corrected chi connectivity index (χ4v) is 2.88. The van der Waals surface area contributed by atoms with E-state index in [9.17, 15) is 9.59 Å².